The first-order valence-corrected chi connectivity index (χ1v) is 9.81. The second-order valence-corrected chi connectivity index (χ2v) is 7.14. The molecule has 0 saturated carbocycles. The minimum Gasteiger partial charge on any atom is -0.490 e. The summed E-state index contributed by atoms with van der Waals surface area (Å²) in [5.74, 6) is 0.819. The number of para-hydroxylation sites is 1. The number of hydrogen-bond donors (Lipinski definition) is 2. The molecule has 142 valence electrons. The summed E-state index contributed by atoms with van der Waals surface area (Å²) in [6, 6.07) is 17.0. The lowest BCUT2D eigenvalue weighted by Gasteiger charge is -2.25. The van der Waals surface area contributed by atoms with Gasteiger partial charge >= 0.3 is 0 Å². The molecule has 0 bridgehead atoms. The molecule has 0 fully saturated rings. The van der Waals surface area contributed by atoms with Gasteiger partial charge in [-0.25, -0.2) is 0 Å². The molecule has 1 atom stereocenters. The maximum absolute atomic E-state index is 5.48. The number of nitrogens with one attached hydrogen (secondary N) is 2. The lowest BCUT2D eigenvalue weighted by molar-refractivity contribution is 0.363. The van der Waals surface area contributed by atoms with Crippen LogP contribution in [0.1, 0.15) is 18.9 Å². The van der Waals surface area contributed by atoms with Crippen LogP contribution in [0.2, 0.25) is 0 Å². The predicted octanol–water partition coefficient (Wildman–Crippen LogP) is 4.38. The molecule has 1 aliphatic heterocycles. The van der Waals surface area contributed by atoms with Crippen molar-refractivity contribution < 1.29 is 4.74 Å². The van der Waals surface area contributed by atoms with Crippen LogP contribution in [0.25, 0.3) is 0 Å². The molecule has 0 radical (unpaired) electrons. The van der Waals surface area contributed by atoms with Gasteiger partial charge in [-0.05, 0) is 67.9 Å². The Kier molecular flexibility index (Phi) is 6.71. The van der Waals surface area contributed by atoms with Crippen LogP contribution in [-0.4, -0.2) is 30.9 Å². The number of nitrogens with zero attached hydrogens (tertiary/aromatic N) is 1. The van der Waals surface area contributed by atoms with E-state index < -0.39 is 0 Å². The Balaban J connectivity index is 1.39. The summed E-state index contributed by atoms with van der Waals surface area (Å²) < 4.78 is 5.48. The first-order chi connectivity index (χ1) is 13.2. The van der Waals surface area contributed by atoms with Crippen LogP contribution >= 0.6 is 12.2 Å². The zero-order valence-electron chi connectivity index (χ0n) is 15.8. The third-order valence-corrected chi connectivity index (χ3v) is 4.94. The molecule has 0 unspecified atom stereocenters. The van der Waals surface area contributed by atoms with E-state index in [9.17, 15) is 0 Å². The van der Waals surface area contributed by atoms with Crippen molar-refractivity contribution in [1.29, 1.82) is 0 Å². The van der Waals surface area contributed by atoms with Crippen LogP contribution in [0, 0.1) is 0 Å². The number of benzene rings is 2. The average molecular weight is 382 g/mol. The zero-order valence-corrected chi connectivity index (χ0v) is 16.6. The zero-order chi connectivity index (χ0) is 19.1. The van der Waals surface area contributed by atoms with Crippen LogP contribution in [0.5, 0.6) is 5.75 Å². The minimum atomic E-state index is 0.507. The van der Waals surface area contributed by atoms with E-state index in [1.807, 2.05) is 24.3 Å². The summed E-state index contributed by atoms with van der Waals surface area (Å²) in [4.78, 5) is 2.50. The van der Waals surface area contributed by atoms with Gasteiger partial charge < -0.3 is 20.3 Å². The third-order valence-electron chi connectivity index (χ3n) is 4.69. The van der Waals surface area contributed by atoms with E-state index in [0.29, 0.717) is 17.8 Å². The highest BCUT2D eigenvalue weighted by atomic mass is 32.1. The molecule has 0 spiro atoms. The number of fused-ring (bicyclic) bond motifs is 1. The Labute approximate surface area is 167 Å². The number of rotatable bonds is 8. The van der Waals surface area contributed by atoms with Crippen LogP contribution in [0.15, 0.2) is 61.2 Å². The summed E-state index contributed by atoms with van der Waals surface area (Å²) in [6.45, 7) is 8.32. The van der Waals surface area contributed by atoms with Crippen molar-refractivity contribution in [3.63, 3.8) is 0 Å². The minimum absolute atomic E-state index is 0.507. The lowest BCUT2D eigenvalue weighted by atomic mass is 10.1. The number of hydrogen-bond acceptors (Lipinski definition) is 3. The molecule has 4 nitrogen and oxygen atoms in total. The van der Waals surface area contributed by atoms with Crippen molar-refractivity contribution in [2.24, 2.45) is 0 Å². The standard InChI is InChI=1S/C22H27N3OS/c1-3-15-26-20-11-9-19(10-12-20)24-22(27)23-13-6-14-25-17(2)16-18-7-4-5-8-21(18)25/h3-5,7-12,17H,1,6,13-16H2,2H3,(H2,23,24,27)/t17-/m0/s1. The maximum Gasteiger partial charge on any atom is 0.170 e. The first-order valence-electron chi connectivity index (χ1n) is 9.40. The predicted molar refractivity (Wildman–Crippen MR) is 118 cm³/mol. The molecule has 27 heavy (non-hydrogen) atoms. The van der Waals surface area contributed by atoms with Gasteiger partial charge in [-0.1, -0.05) is 30.9 Å². The normalized spacial score (nSPS) is 15.1. The summed E-state index contributed by atoms with van der Waals surface area (Å²) in [5, 5.41) is 7.14. The highest BCUT2D eigenvalue weighted by molar-refractivity contribution is 7.80. The van der Waals surface area contributed by atoms with E-state index in [1.165, 1.54) is 11.3 Å². The number of thiocarbonyl (C=S) groups is 1. The van der Waals surface area contributed by atoms with Crippen LogP contribution in [0.4, 0.5) is 11.4 Å². The lowest BCUT2D eigenvalue weighted by Crippen LogP contribution is -2.34. The Hall–Kier alpha value is -2.53. The van der Waals surface area contributed by atoms with E-state index in [4.69, 9.17) is 17.0 Å². The van der Waals surface area contributed by atoms with Crippen molar-refractivity contribution >= 4 is 28.7 Å². The van der Waals surface area contributed by atoms with Gasteiger partial charge in [0.1, 0.15) is 12.4 Å². The van der Waals surface area contributed by atoms with E-state index >= 15 is 0 Å². The molecule has 0 amide bonds. The Morgan fingerprint density at radius 1 is 1.26 bits per heavy atom. The van der Waals surface area contributed by atoms with Gasteiger partial charge in [-0.15, -0.1) is 0 Å². The van der Waals surface area contributed by atoms with Gasteiger partial charge in [0.2, 0.25) is 0 Å². The van der Waals surface area contributed by atoms with Gasteiger partial charge in [0.05, 0.1) is 0 Å². The summed E-state index contributed by atoms with van der Waals surface area (Å²) >= 11 is 5.39. The molecule has 1 heterocycles. The molecule has 0 saturated heterocycles. The van der Waals surface area contributed by atoms with Crippen molar-refractivity contribution in [3.05, 3.63) is 66.7 Å². The Morgan fingerprint density at radius 3 is 2.81 bits per heavy atom. The number of anilines is 2. The van der Waals surface area contributed by atoms with Gasteiger partial charge in [-0.2, -0.15) is 0 Å². The fourth-order valence-electron chi connectivity index (χ4n) is 3.39. The smallest absolute Gasteiger partial charge is 0.170 e. The van der Waals surface area contributed by atoms with Gasteiger partial charge in [0.15, 0.2) is 5.11 Å². The largest absolute Gasteiger partial charge is 0.490 e. The molecular weight excluding hydrogens is 354 g/mol. The fourth-order valence-corrected chi connectivity index (χ4v) is 3.61. The van der Waals surface area contributed by atoms with Gasteiger partial charge in [0, 0.05) is 30.5 Å². The van der Waals surface area contributed by atoms with Crippen molar-refractivity contribution in [3.8, 4) is 5.75 Å². The second kappa shape index (κ2) is 9.42. The fraction of sp³-hybridized carbons (Fsp3) is 0.318. The van der Waals surface area contributed by atoms with Crippen LogP contribution in [0.3, 0.4) is 0 Å². The summed E-state index contributed by atoms with van der Waals surface area (Å²) in [7, 11) is 0. The van der Waals surface area contributed by atoms with Crippen LogP contribution < -0.4 is 20.3 Å². The molecule has 2 aromatic carbocycles. The van der Waals surface area contributed by atoms with Gasteiger partial charge in [0.25, 0.3) is 0 Å². The second-order valence-electron chi connectivity index (χ2n) is 6.73. The highest BCUT2D eigenvalue weighted by Gasteiger charge is 2.24. The molecule has 3 rings (SSSR count). The molecule has 0 aromatic heterocycles. The molecule has 5 heteroatoms. The third kappa shape index (κ3) is 5.23. The highest BCUT2D eigenvalue weighted by Crippen LogP contribution is 2.31. The quantitative estimate of drug-likeness (QED) is 0.403. The van der Waals surface area contributed by atoms with Gasteiger partial charge in [-0.3, -0.25) is 0 Å². The number of ether oxygens (including phenoxy) is 1. The van der Waals surface area contributed by atoms with Crippen molar-refractivity contribution in [2.45, 2.75) is 25.8 Å². The van der Waals surface area contributed by atoms with E-state index in [-0.39, 0.29) is 0 Å². The van der Waals surface area contributed by atoms with E-state index in [2.05, 4.69) is 53.3 Å². The monoisotopic (exact) mass is 381 g/mol. The molecule has 1 aliphatic rings. The molecular formula is C22H27N3OS. The maximum atomic E-state index is 5.48. The SMILES string of the molecule is C=CCOc1ccc(NC(=S)NCCCN2c3ccccc3C[C@@H]2C)cc1. The molecule has 0 aliphatic carbocycles. The topological polar surface area (TPSA) is 36.5 Å². The molecule has 2 N–H and O–H groups in total. The van der Waals surface area contributed by atoms with Crippen molar-refractivity contribution in [1.82, 2.24) is 5.32 Å². The average Bonchev–Trinajstić information content (AvgIpc) is 3.00. The molecule has 2 aromatic rings. The summed E-state index contributed by atoms with van der Waals surface area (Å²) in [6.07, 6.45) is 3.90. The Morgan fingerprint density at radius 2 is 2.04 bits per heavy atom. The van der Waals surface area contributed by atoms with E-state index in [1.54, 1.807) is 6.08 Å². The summed E-state index contributed by atoms with van der Waals surface area (Å²) in [5.41, 5.74) is 3.78. The van der Waals surface area contributed by atoms with Crippen molar-refractivity contribution in [2.75, 3.05) is 29.9 Å². The van der Waals surface area contributed by atoms with Crippen LogP contribution in [-0.2, 0) is 6.42 Å². The van der Waals surface area contributed by atoms with E-state index in [0.717, 1.165) is 37.4 Å². The Bertz CT molecular complexity index is 775. The first kappa shape index (κ1) is 19.2.